The number of rotatable bonds is 6. The van der Waals surface area contributed by atoms with Gasteiger partial charge in [-0.25, -0.2) is 9.78 Å². The van der Waals surface area contributed by atoms with Gasteiger partial charge in [-0.15, -0.1) is 0 Å². The number of imidazole rings is 1. The highest BCUT2D eigenvalue weighted by Crippen LogP contribution is 2.26. The molecule has 0 saturated carbocycles. The number of nitriles is 1. The van der Waals surface area contributed by atoms with Gasteiger partial charge in [0.1, 0.15) is 23.4 Å². The Hall–Kier alpha value is -4.56. The van der Waals surface area contributed by atoms with Crippen LogP contribution in [0.2, 0.25) is 0 Å². The minimum Gasteiger partial charge on any atom is -0.478 e. The van der Waals surface area contributed by atoms with Gasteiger partial charge in [0.15, 0.2) is 6.29 Å². The first-order valence-corrected chi connectivity index (χ1v) is 14.8. The van der Waals surface area contributed by atoms with Crippen LogP contribution in [0.15, 0.2) is 66.7 Å². The normalized spacial score (nSPS) is 14.2. The van der Waals surface area contributed by atoms with Gasteiger partial charge >= 0.3 is 5.97 Å². The number of fused-ring (bicyclic) bond motifs is 1. The van der Waals surface area contributed by atoms with E-state index in [-0.39, 0.29) is 0 Å². The Morgan fingerprint density at radius 1 is 1.00 bits per heavy atom. The van der Waals surface area contributed by atoms with Crippen LogP contribution in [0.4, 0.5) is 0 Å². The quantitative estimate of drug-likeness (QED) is 0.282. The van der Waals surface area contributed by atoms with Crippen LogP contribution in [0.3, 0.4) is 0 Å². The second-order valence-corrected chi connectivity index (χ2v) is 10.0. The summed E-state index contributed by atoms with van der Waals surface area (Å²) >= 11 is 0. The van der Waals surface area contributed by atoms with Crippen LogP contribution in [0, 0.1) is 11.3 Å². The maximum absolute atomic E-state index is 11.1. The Kier molecular flexibility index (Phi) is 13.5. The van der Waals surface area contributed by atoms with Crippen molar-refractivity contribution < 1.29 is 24.2 Å². The van der Waals surface area contributed by atoms with Crippen molar-refractivity contribution in [3.63, 3.8) is 0 Å². The Bertz CT molecular complexity index is 1550. The largest absolute Gasteiger partial charge is 0.478 e. The molecule has 0 radical (unpaired) electrons. The molecule has 1 aromatic heterocycles. The molecule has 6 rings (SSSR count). The summed E-state index contributed by atoms with van der Waals surface area (Å²) < 4.78 is 12.3. The molecule has 3 aromatic carbocycles. The predicted molar refractivity (Wildman–Crippen MR) is 170 cm³/mol. The number of aromatic nitrogens is 2. The zero-order chi connectivity index (χ0) is 31.9. The Morgan fingerprint density at radius 3 is 2.20 bits per heavy atom. The molecule has 2 saturated heterocycles. The minimum atomic E-state index is -0.904. The summed E-state index contributed by atoms with van der Waals surface area (Å²) in [5.74, 6) is 0.977. The van der Waals surface area contributed by atoms with Crippen molar-refractivity contribution >= 4 is 23.3 Å². The number of carboxylic acid groups (broad SMARTS) is 1. The average Bonchev–Trinajstić information content (AvgIpc) is 3.33. The number of aryl methyl sites for hydroxylation is 1. The van der Waals surface area contributed by atoms with Crippen LogP contribution in [0.1, 0.15) is 52.4 Å². The predicted octanol–water partition coefficient (Wildman–Crippen LogP) is 5.61. The standard InChI is InChI=1S/C15H20N4O2.C14H9NO2.C3H6O.C2H6/c1-17-5-7-19(8-6-17)10-14-16-12-4-3-11(15(20)21)9-13(12)18(14)2;15-9-11-5-1-3-7-13(11)17-14-8-4-2-6-12(14)10-16;1-2-4-3-1;1-2/h3-4,9H,5-8,10H2,1-2H3,(H,20,21);1-8,10H;1-3H2;1-2H3. The molecule has 2 fully saturated rings. The summed E-state index contributed by atoms with van der Waals surface area (Å²) in [4.78, 5) is 31.2. The van der Waals surface area contributed by atoms with Crippen molar-refractivity contribution in [2.24, 2.45) is 7.05 Å². The van der Waals surface area contributed by atoms with Crippen LogP contribution < -0.4 is 4.74 Å². The first kappa shape index (κ1) is 33.9. The highest BCUT2D eigenvalue weighted by atomic mass is 16.5. The minimum absolute atomic E-state index is 0.302. The lowest BCUT2D eigenvalue weighted by Gasteiger charge is -2.31. The van der Waals surface area contributed by atoms with E-state index >= 15 is 0 Å². The van der Waals surface area contributed by atoms with Crippen molar-refractivity contribution in [1.29, 1.82) is 5.26 Å². The van der Waals surface area contributed by atoms with Crippen molar-refractivity contribution in [3.8, 4) is 17.6 Å². The van der Waals surface area contributed by atoms with E-state index in [0.29, 0.717) is 28.2 Å². The maximum Gasteiger partial charge on any atom is 0.335 e. The van der Waals surface area contributed by atoms with Crippen LogP contribution in [-0.4, -0.2) is 83.2 Å². The van der Waals surface area contributed by atoms with Gasteiger partial charge in [-0.1, -0.05) is 38.1 Å². The summed E-state index contributed by atoms with van der Waals surface area (Å²) in [7, 11) is 4.09. The molecule has 10 nitrogen and oxygen atoms in total. The Morgan fingerprint density at radius 2 is 1.61 bits per heavy atom. The first-order valence-electron chi connectivity index (χ1n) is 14.8. The summed E-state index contributed by atoms with van der Waals surface area (Å²) in [6.07, 6.45) is 2.00. The third kappa shape index (κ3) is 9.47. The molecule has 2 aliphatic rings. The lowest BCUT2D eigenvalue weighted by atomic mass is 10.2. The highest BCUT2D eigenvalue weighted by molar-refractivity contribution is 5.92. The SMILES string of the molecule is C1COC1.CC.CN1CCN(Cc2nc3ccc(C(=O)O)cc3n2C)CC1.N#Cc1ccccc1Oc1ccccc1C=O. The maximum atomic E-state index is 11.1. The molecule has 4 aromatic rings. The van der Waals surface area contributed by atoms with Gasteiger partial charge in [0.2, 0.25) is 0 Å². The van der Waals surface area contributed by atoms with Crippen LogP contribution in [0.5, 0.6) is 11.5 Å². The third-order valence-corrected chi connectivity index (χ3v) is 7.03. The molecular formula is C34H41N5O5. The van der Waals surface area contributed by atoms with Crippen molar-refractivity contribution in [1.82, 2.24) is 19.4 Å². The summed E-state index contributed by atoms with van der Waals surface area (Å²) in [5.41, 5.74) is 2.93. The molecule has 232 valence electrons. The lowest BCUT2D eigenvalue weighted by molar-refractivity contribution is 0.0367. The van der Waals surface area contributed by atoms with Gasteiger partial charge in [-0.05, 0) is 55.9 Å². The fraction of sp³-hybridized carbons (Fsp3) is 0.353. The number of ether oxygens (including phenoxy) is 2. The number of carbonyl (C=O) groups is 2. The zero-order valence-electron chi connectivity index (χ0n) is 25.9. The van der Waals surface area contributed by atoms with Gasteiger partial charge in [-0.2, -0.15) is 5.26 Å². The number of para-hydroxylation sites is 2. The summed E-state index contributed by atoms with van der Waals surface area (Å²) in [5, 5.41) is 18.0. The number of nitrogens with zero attached hydrogens (tertiary/aromatic N) is 5. The molecule has 1 N–H and O–H groups in total. The monoisotopic (exact) mass is 599 g/mol. The molecule has 3 heterocycles. The average molecular weight is 600 g/mol. The van der Waals surface area contributed by atoms with Gasteiger partial charge < -0.3 is 24.0 Å². The second kappa shape index (κ2) is 17.5. The van der Waals surface area contributed by atoms with Gasteiger partial charge in [0, 0.05) is 46.4 Å². The number of aldehydes is 1. The van der Waals surface area contributed by atoms with Crippen molar-refractivity contribution in [2.75, 3.05) is 46.4 Å². The van der Waals surface area contributed by atoms with Gasteiger partial charge in [-0.3, -0.25) is 9.69 Å². The highest BCUT2D eigenvalue weighted by Gasteiger charge is 2.17. The Balaban J connectivity index is 0.000000206. The number of aromatic carboxylic acids is 1. The van der Waals surface area contributed by atoms with Crippen LogP contribution in [-0.2, 0) is 18.3 Å². The molecule has 0 atom stereocenters. The molecule has 2 aliphatic heterocycles. The molecule has 0 aliphatic carbocycles. The Labute approximate surface area is 259 Å². The van der Waals surface area contributed by atoms with E-state index < -0.39 is 5.97 Å². The number of likely N-dealkylation sites (N-methyl/N-ethyl adjacent to an activating group) is 1. The topological polar surface area (TPSA) is 121 Å². The third-order valence-electron chi connectivity index (χ3n) is 7.03. The number of carbonyl (C=O) groups excluding carboxylic acids is 1. The lowest BCUT2D eigenvalue weighted by Crippen LogP contribution is -2.44. The number of hydrogen-bond acceptors (Lipinski definition) is 8. The van der Waals surface area contributed by atoms with E-state index in [2.05, 4.69) is 21.8 Å². The molecule has 0 bridgehead atoms. The van der Waals surface area contributed by atoms with Gasteiger partial charge in [0.05, 0.1) is 34.3 Å². The fourth-order valence-electron chi connectivity index (χ4n) is 4.30. The first-order chi connectivity index (χ1) is 21.4. The fourth-order valence-corrected chi connectivity index (χ4v) is 4.30. The smallest absolute Gasteiger partial charge is 0.335 e. The van der Waals surface area contributed by atoms with Gasteiger partial charge in [0.25, 0.3) is 0 Å². The van der Waals surface area contributed by atoms with Crippen molar-refractivity contribution in [3.05, 3.63) is 89.2 Å². The second-order valence-electron chi connectivity index (χ2n) is 10.0. The van der Waals surface area contributed by atoms with E-state index in [4.69, 9.17) is 19.8 Å². The summed E-state index contributed by atoms with van der Waals surface area (Å²) in [6, 6.07) is 20.9. The number of carboxylic acids is 1. The molecule has 0 spiro atoms. The molecular weight excluding hydrogens is 558 g/mol. The number of benzene rings is 3. The zero-order valence-corrected chi connectivity index (χ0v) is 25.9. The van der Waals surface area contributed by atoms with E-state index in [9.17, 15) is 9.59 Å². The van der Waals surface area contributed by atoms with Crippen molar-refractivity contribution in [2.45, 2.75) is 26.8 Å². The van der Waals surface area contributed by atoms with E-state index in [1.807, 2.05) is 31.5 Å². The molecule has 10 heteroatoms. The van der Waals surface area contributed by atoms with E-state index in [1.54, 1.807) is 66.7 Å². The van der Waals surface area contributed by atoms with E-state index in [1.165, 1.54) is 6.42 Å². The van der Waals surface area contributed by atoms with Crippen LogP contribution >= 0.6 is 0 Å². The molecule has 44 heavy (non-hydrogen) atoms. The number of hydrogen-bond donors (Lipinski definition) is 1. The van der Waals surface area contributed by atoms with E-state index in [0.717, 1.165) is 69.1 Å². The number of piperazine rings is 1. The van der Waals surface area contributed by atoms with Crippen LogP contribution in [0.25, 0.3) is 11.0 Å². The molecule has 0 unspecified atom stereocenters. The summed E-state index contributed by atoms with van der Waals surface area (Å²) in [6.45, 7) is 11.0. The molecule has 0 amide bonds.